The van der Waals surface area contributed by atoms with Crippen molar-refractivity contribution in [2.24, 2.45) is 0 Å². The third-order valence-corrected chi connectivity index (χ3v) is 4.72. The Morgan fingerprint density at radius 1 is 1.08 bits per heavy atom. The van der Waals surface area contributed by atoms with Gasteiger partial charge in [-0.3, -0.25) is 9.59 Å². The fraction of sp³-hybridized carbons (Fsp3) is 0.579. The number of hydrogen-bond acceptors (Lipinski definition) is 4. The van der Waals surface area contributed by atoms with Gasteiger partial charge in [0.15, 0.2) is 11.5 Å². The molecule has 0 aliphatic carbocycles. The number of amides is 2. The molecule has 0 radical (unpaired) electrons. The van der Waals surface area contributed by atoms with Gasteiger partial charge in [-0.1, -0.05) is 25.3 Å². The van der Waals surface area contributed by atoms with Crippen LogP contribution in [0.3, 0.4) is 0 Å². The average molecular weight is 346 g/mol. The molecular weight excluding hydrogens is 320 g/mol. The van der Waals surface area contributed by atoms with E-state index in [4.69, 9.17) is 9.47 Å². The Morgan fingerprint density at radius 3 is 2.48 bits per heavy atom. The standard InChI is InChI=1S/C19H26N2O4/c1-14(22)20-16(19(23)21-9-5-3-2-4-6-10-21)11-15-7-8-17-18(12-15)25-13-24-17/h7-8,12,16H,2-6,9-11,13H2,1H3,(H,20,22)/t16-/m0/s1. The number of nitrogens with zero attached hydrogens (tertiary/aromatic N) is 1. The quantitative estimate of drug-likeness (QED) is 0.908. The molecule has 25 heavy (non-hydrogen) atoms. The maximum atomic E-state index is 13.0. The van der Waals surface area contributed by atoms with Crippen molar-refractivity contribution in [1.29, 1.82) is 0 Å². The monoisotopic (exact) mass is 346 g/mol. The molecular formula is C19H26N2O4. The van der Waals surface area contributed by atoms with Crippen LogP contribution in [0.4, 0.5) is 0 Å². The maximum absolute atomic E-state index is 13.0. The Balaban J connectivity index is 1.71. The highest BCUT2D eigenvalue weighted by molar-refractivity contribution is 5.87. The lowest BCUT2D eigenvalue weighted by Crippen LogP contribution is -2.50. The number of carbonyl (C=O) groups excluding carboxylic acids is 2. The first-order chi connectivity index (χ1) is 12.1. The average Bonchev–Trinajstić information content (AvgIpc) is 3.00. The molecule has 6 heteroatoms. The summed E-state index contributed by atoms with van der Waals surface area (Å²) < 4.78 is 10.7. The zero-order valence-corrected chi connectivity index (χ0v) is 14.8. The molecule has 1 aromatic rings. The van der Waals surface area contributed by atoms with Crippen molar-refractivity contribution in [3.63, 3.8) is 0 Å². The molecule has 1 atom stereocenters. The van der Waals surface area contributed by atoms with Crippen LogP contribution in [0.2, 0.25) is 0 Å². The number of benzene rings is 1. The molecule has 0 unspecified atom stereocenters. The SMILES string of the molecule is CC(=O)N[C@@H](Cc1ccc2c(c1)OCO2)C(=O)N1CCCCCCC1. The van der Waals surface area contributed by atoms with Gasteiger partial charge in [0.2, 0.25) is 18.6 Å². The van der Waals surface area contributed by atoms with Crippen LogP contribution in [0.1, 0.15) is 44.6 Å². The van der Waals surface area contributed by atoms with Gasteiger partial charge in [-0.2, -0.15) is 0 Å². The Kier molecular flexibility index (Phi) is 5.79. The van der Waals surface area contributed by atoms with Crippen molar-refractivity contribution in [2.45, 2.75) is 51.5 Å². The third-order valence-electron chi connectivity index (χ3n) is 4.72. The lowest BCUT2D eigenvalue weighted by molar-refractivity contribution is -0.136. The summed E-state index contributed by atoms with van der Waals surface area (Å²) in [7, 11) is 0. The molecule has 0 spiro atoms. The van der Waals surface area contributed by atoms with E-state index in [1.54, 1.807) is 0 Å². The van der Waals surface area contributed by atoms with Crippen molar-refractivity contribution in [1.82, 2.24) is 10.2 Å². The van der Waals surface area contributed by atoms with Gasteiger partial charge in [-0.25, -0.2) is 0 Å². The minimum Gasteiger partial charge on any atom is -0.454 e. The van der Waals surface area contributed by atoms with E-state index in [1.807, 2.05) is 23.1 Å². The number of carbonyl (C=O) groups is 2. The molecule has 6 nitrogen and oxygen atoms in total. The molecule has 0 bridgehead atoms. The van der Waals surface area contributed by atoms with E-state index >= 15 is 0 Å². The minimum atomic E-state index is -0.544. The summed E-state index contributed by atoms with van der Waals surface area (Å²) in [6.07, 6.45) is 6.08. The fourth-order valence-corrected chi connectivity index (χ4v) is 3.44. The molecule has 3 rings (SSSR count). The van der Waals surface area contributed by atoms with Crippen LogP contribution < -0.4 is 14.8 Å². The zero-order valence-electron chi connectivity index (χ0n) is 14.8. The van der Waals surface area contributed by atoms with Crippen LogP contribution in [0.15, 0.2) is 18.2 Å². The van der Waals surface area contributed by atoms with E-state index in [0.717, 1.165) is 50.1 Å². The Hall–Kier alpha value is -2.24. The van der Waals surface area contributed by atoms with Crippen molar-refractivity contribution in [2.75, 3.05) is 19.9 Å². The molecule has 0 saturated carbocycles. The summed E-state index contributed by atoms with van der Waals surface area (Å²) in [6.45, 7) is 3.22. The second kappa shape index (κ2) is 8.23. The lowest BCUT2D eigenvalue weighted by Gasteiger charge is -2.29. The molecule has 1 fully saturated rings. The number of rotatable bonds is 4. The van der Waals surface area contributed by atoms with E-state index in [2.05, 4.69) is 5.32 Å². The molecule has 2 aliphatic rings. The van der Waals surface area contributed by atoms with Gasteiger partial charge in [-0.05, 0) is 30.5 Å². The second-order valence-corrected chi connectivity index (χ2v) is 6.74. The molecule has 1 N–H and O–H groups in total. The Labute approximate surface area is 148 Å². The van der Waals surface area contributed by atoms with Gasteiger partial charge in [0.05, 0.1) is 0 Å². The van der Waals surface area contributed by atoms with Gasteiger partial charge >= 0.3 is 0 Å². The van der Waals surface area contributed by atoms with E-state index in [0.29, 0.717) is 12.2 Å². The van der Waals surface area contributed by atoms with Gasteiger partial charge in [0.1, 0.15) is 6.04 Å². The summed E-state index contributed by atoms with van der Waals surface area (Å²) in [4.78, 5) is 26.5. The van der Waals surface area contributed by atoms with Crippen LogP contribution in [-0.2, 0) is 16.0 Å². The Morgan fingerprint density at radius 2 is 1.76 bits per heavy atom. The van der Waals surface area contributed by atoms with Crippen molar-refractivity contribution >= 4 is 11.8 Å². The summed E-state index contributed by atoms with van der Waals surface area (Å²) >= 11 is 0. The van der Waals surface area contributed by atoms with Gasteiger partial charge in [0.25, 0.3) is 0 Å². The molecule has 136 valence electrons. The third kappa shape index (κ3) is 4.65. The van der Waals surface area contributed by atoms with Crippen molar-refractivity contribution < 1.29 is 19.1 Å². The van der Waals surface area contributed by atoms with Crippen molar-refractivity contribution in [3.8, 4) is 11.5 Å². The predicted molar refractivity (Wildman–Crippen MR) is 93.5 cm³/mol. The predicted octanol–water partition coefficient (Wildman–Crippen LogP) is 2.26. The topological polar surface area (TPSA) is 67.9 Å². The van der Waals surface area contributed by atoms with Gasteiger partial charge < -0.3 is 19.7 Å². The van der Waals surface area contributed by atoms with Crippen LogP contribution in [-0.4, -0.2) is 42.6 Å². The largest absolute Gasteiger partial charge is 0.454 e. The number of nitrogens with one attached hydrogen (secondary N) is 1. The highest BCUT2D eigenvalue weighted by Gasteiger charge is 2.26. The van der Waals surface area contributed by atoms with E-state index in [-0.39, 0.29) is 18.6 Å². The summed E-state index contributed by atoms with van der Waals surface area (Å²) in [5, 5.41) is 2.83. The smallest absolute Gasteiger partial charge is 0.245 e. The van der Waals surface area contributed by atoms with Crippen LogP contribution in [0.5, 0.6) is 11.5 Å². The molecule has 0 aromatic heterocycles. The molecule has 1 saturated heterocycles. The van der Waals surface area contributed by atoms with E-state index in [9.17, 15) is 9.59 Å². The lowest BCUT2D eigenvalue weighted by atomic mass is 10.0. The highest BCUT2D eigenvalue weighted by atomic mass is 16.7. The summed E-state index contributed by atoms with van der Waals surface area (Å²) in [5.74, 6) is 1.23. The summed E-state index contributed by atoms with van der Waals surface area (Å²) in [6, 6.07) is 5.11. The minimum absolute atomic E-state index is 0.00904. The van der Waals surface area contributed by atoms with Gasteiger partial charge in [-0.15, -0.1) is 0 Å². The molecule has 2 amide bonds. The van der Waals surface area contributed by atoms with Crippen LogP contribution in [0.25, 0.3) is 0 Å². The first kappa shape index (κ1) is 17.6. The zero-order chi connectivity index (χ0) is 17.6. The maximum Gasteiger partial charge on any atom is 0.245 e. The van der Waals surface area contributed by atoms with E-state index < -0.39 is 6.04 Å². The molecule has 2 aliphatic heterocycles. The van der Waals surface area contributed by atoms with E-state index in [1.165, 1.54) is 13.3 Å². The number of ether oxygens (including phenoxy) is 2. The number of likely N-dealkylation sites (tertiary alicyclic amines) is 1. The second-order valence-electron chi connectivity index (χ2n) is 6.74. The van der Waals surface area contributed by atoms with Crippen molar-refractivity contribution in [3.05, 3.63) is 23.8 Å². The normalized spacial score (nSPS) is 18.2. The number of hydrogen-bond donors (Lipinski definition) is 1. The van der Waals surface area contributed by atoms with Gasteiger partial charge in [0, 0.05) is 26.4 Å². The van der Waals surface area contributed by atoms with Crippen LogP contribution in [0, 0.1) is 0 Å². The first-order valence-corrected chi connectivity index (χ1v) is 9.08. The van der Waals surface area contributed by atoms with Crippen LogP contribution >= 0.6 is 0 Å². The first-order valence-electron chi connectivity index (χ1n) is 9.08. The fourth-order valence-electron chi connectivity index (χ4n) is 3.44. The highest BCUT2D eigenvalue weighted by Crippen LogP contribution is 2.32. The molecule has 1 aromatic carbocycles. The Bertz CT molecular complexity index is 624. The summed E-state index contributed by atoms with van der Waals surface area (Å²) in [5.41, 5.74) is 0.948. The molecule has 2 heterocycles. The number of fused-ring (bicyclic) bond motifs is 1.